The molecule has 4 nitrogen and oxygen atoms in total. The Hall–Kier alpha value is -1.75. The van der Waals surface area contributed by atoms with Gasteiger partial charge in [0.1, 0.15) is 5.75 Å². The van der Waals surface area contributed by atoms with Crippen LogP contribution in [-0.2, 0) is 17.6 Å². The maximum atomic E-state index is 13.0. The van der Waals surface area contributed by atoms with E-state index in [2.05, 4.69) is 11.4 Å². The second kappa shape index (κ2) is 8.30. The van der Waals surface area contributed by atoms with Crippen LogP contribution in [0.3, 0.4) is 0 Å². The van der Waals surface area contributed by atoms with Crippen molar-refractivity contribution in [2.24, 2.45) is 0 Å². The van der Waals surface area contributed by atoms with Crippen LogP contribution in [0.15, 0.2) is 42.5 Å². The monoisotopic (exact) mass is 392 g/mol. The molecule has 4 rings (SSSR count). The number of piperazine rings is 1. The van der Waals surface area contributed by atoms with Crippen molar-refractivity contribution >= 4 is 29.9 Å². The second-order valence-corrected chi connectivity index (χ2v) is 6.95. The molecule has 0 aromatic heterocycles. The summed E-state index contributed by atoms with van der Waals surface area (Å²) in [6.07, 6.45) is 1.33. The number of nitrogens with one attached hydrogen (secondary N) is 1. The topological polar surface area (TPSA) is 41.6 Å². The third-order valence-corrected chi connectivity index (χ3v) is 5.28. The molecule has 1 unspecified atom stereocenters. The van der Waals surface area contributed by atoms with E-state index < -0.39 is 0 Å². The molecule has 2 aliphatic rings. The van der Waals surface area contributed by atoms with Crippen LogP contribution in [0.5, 0.6) is 5.75 Å². The molecular formula is C20H22Cl2N2O2. The summed E-state index contributed by atoms with van der Waals surface area (Å²) in [5.74, 6) is 1.10. The molecule has 1 fully saturated rings. The van der Waals surface area contributed by atoms with Gasteiger partial charge < -0.3 is 15.0 Å². The van der Waals surface area contributed by atoms with Gasteiger partial charge >= 0.3 is 0 Å². The molecule has 0 radical (unpaired) electrons. The molecule has 138 valence electrons. The molecule has 1 N–H and O–H groups in total. The zero-order chi connectivity index (χ0) is 17.2. The highest BCUT2D eigenvalue weighted by molar-refractivity contribution is 6.31. The highest BCUT2D eigenvalue weighted by atomic mass is 35.5. The number of hydrogen-bond donors (Lipinski definition) is 1. The molecule has 2 aromatic carbocycles. The number of carbonyl (C=O) groups excluding carboxylic acids is 1. The molecule has 1 atom stereocenters. The van der Waals surface area contributed by atoms with Gasteiger partial charge in [-0.05, 0) is 28.8 Å². The first-order valence-electron chi connectivity index (χ1n) is 8.71. The van der Waals surface area contributed by atoms with Crippen molar-refractivity contribution in [3.8, 4) is 5.75 Å². The number of carbonyl (C=O) groups is 1. The van der Waals surface area contributed by atoms with Gasteiger partial charge in [0.05, 0.1) is 19.1 Å². The van der Waals surface area contributed by atoms with Gasteiger partial charge in [-0.2, -0.15) is 0 Å². The lowest BCUT2D eigenvalue weighted by Gasteiger charge is -2.37. The van der Waals surface area contributed by atoms with E-state index in [1.807, 2.05) is 41.3 Å². The average Bonchev–Trinajstić information content (AvgIpc) is 3.10. The van der Waals surface area contributed by atoms with E-state index in [0.717, 1.165) is 43.0 Å². The van der Waals surface area contributed by atoms with Crippen LogP contribution in [-0.4, -0.2) is 37.0 Å². The van der Waals surface area contributed by atoms with Crippen molar-refractivity contribution in [1.82, 2.24) is 10.2 Å². The summed E-state index contributed by atoms with van der Waals surface area (Å²) in [6.45, 7) is 2.97. The van der Waals surface area contributed by atoms with Crippen LogP contribution in [0.25, 0.3) is 0 Å². The number of nitrogens with zero attached hydrogens (tertiary/aromatic N) is 1. The van der Waals surface area contributed by atoms with Crippen LogP contribution < -0.4 is 10.1 Å². The normalized spacial score (nSPS) is 18.7. The van der Waals surface area contributed by atoms with Gasteiger partial charge in [-0.15, -0.1) is 12.4 Å². The number of amides is 1. The summed E-state index contributed by atoms with van der Waals surface area (Å²) < 4.78 is 5.54. The van der Waals surface area contributed by atoms with Crippen LogP contribution in [0.1, 0.15) is 22.7 Å². The van der Waals surface area contributed by atoms with Gasteiger partial charge in [0.25, 0.3) is 0 Å². The zero-order valence-electron chi connectivity index (χ0n) is 14.4. The highest BCUT2D eigenvalue weighted by Gasteiger charge is 2.29. The third kappa shape index (κ3) is 3.83. The average molecular weight is 393 g/mol. The van der Waals surface area contributed by atoms with E-state index in [4.69, 9.17) is 16.3 Å². The summed E-state index contributed by atoms with van der Waals surface area (Å²) >= 11 is 6.37. The van der Waals surface area contributed by atoms with Crippen LogP contribution in [0.4, 0.5) is 0 Å². The smallest absolute Gasteiger partial charge is 0.227 e. The zero-order valence-corrected chi connectivity index (χ0v) is 16.0. The Labute approximate surface area is 164 Å². The van der Waals surface area contributed by atoms with Gasteiger partial charge in [0, 0.05) is 31.1 Å². The molecule has 2 aromatic rings. The predicted octanol–water partition coefficient (Wildman–Crippen LogP) is 3.41. The van der Waals surface area contributed by atoms with Crippen LogP contribution in [0, 0.1) is 0 Å². The fourth-order valence-corrected chi connectivity index (χ4v) is 3.91. The molecule has 0 spiro atoms. The molecule has 1 amide bonds. The molecule has 0 aliphatic carbocycles. The Morgan fingerprint density at radius 3 is 2.96 bits per heavy atom. The summed E-state index contributed by atoms with van der Waals surface area (Å²) in [6, 6.07) is 13.8. The van der Waals surface area contributed by atoms with Crippen LogP contribution in [0.2, 0.25) is 5.02 Å². The maximum absolute atomic E-state index is 13.0. The molecule has 0 saturated carbocycles. The molecule has 1 saturated heterocycles. The molecule has 2 heterocycles. The van der Waals surface area contributed by atoms with Crippen molar-refractivity contribution in [2.45, 2.75) is 18.9 Å². The standard InChI is InChI=1S/C20H21ClN2O2.ClH/c21-17-4-2-1-3-16(17)18-13-22-8-9-23(18)20(24)12-14-5-6-19-15(11-14)7-10-25-19;/h1-6,11,18,22H,7-10,12-13H2;1H. The number of rotatable bonds is 3. The lowest BCUT2D eigenvalue weighted by Crippen LogP contribution is -2.49. The van der Waals surface area contributed by atoms with Gasteiger partial charge in [0.2, 0.25) is 5.91 Å². The summed E-state index contributed by atoms with van der Waals surface area (Å²) in [5.41, 5.74) is 3.26. The lowest BCUT2D eigenvalue weighted by atomic mass is 10.0. The first kappa shape index (κ1) is 19.0. The Morgan fingerprint density at radius 2 is 2.12 bits per heavy atom. The largest absolute Gasteiger partial charge is 0.493 e. The summed E-state index contributed by atoms with van der Waals surface area (Å²) in [4.78, 5) is 14.9. The number of halogens is 2. The third-order valence-electron chi connectivity index (χ3n) is 4.94. The number of benzene rings is 2. The van der Waals surface area contributed by atoms with E-state index in [9.17, 15) is 4.79 Å². The number of fused-ring (bicyclic) bond motifs is 1. The number of hydrogen-bond acceptors (Lipinski definition) is 3. The second-order valence-electron chi connectivity index (χ2n) is 6.55. The van der Waals surface area contributed by atoms with Gasteiger partial charge in [0.15, 0.2) is 0 Å². The molecule has 0 bridgehead atoms. The minimum Gasteiger partial charge on any atom is -0.493 e. The van der Waals surface area contributed by atoms with E-state index in [1.54, 1.807) is 0 Å². The molecule has 6 heteroatoms. The van der Waals surface area contributed by atoms with E-state index in [1.165, 1.54) is 5.56 Å². The fraction of sp³-hybridized carbons (Fsp3) is 0.350. The molecule has 26 heavy (non-hydrogen) atoms. The van der Waals surface area contributed by atoms with Gasteiger partial charge in [-0.3, -0.25) is 4.79 Å². The fourth-order valence-electron chi connectivity index (χ4n) is 3.65. The quantitative estimate of drug-likeness (QED) is 0.869. The Bertz CT molecular complexity index is 797. The highest BCUT2D eigenvalue weighted by Crippen LogP contribution is 2.30. The minimum atomic E-state index is -0.0206. The predicted molar refractivity (Wildman–Crippen MR) is 105 cm³/mol. The Kier molecular flexibility index (Phi) is 6.07. The molecule has 2 aliphatic heterocycles. The Balaban J connectivity index is 0.00000196. The van der Waals surface area contributed by atoms with E-state index in [-0.39, 0.29) is 24.4 Å². The first-order valence-corrected chi connectivity index (χ1v) is 9.09. The van der Waals surface area contributed by atoms with Crippen molar-refractivity contribution in [1.29, 1.82) is 0 Å². The minimum absolute atomic E-state index is 0. The first-order chi connectivity index (χ1) is 12.2. The van der Waals surface area contributed by atoms with Crippen molar-refractivity contribution in [3.63, 3.8) is 0 Å². The molecular weight excluding hydrogens is 371 g/mol. The number of ether oxygens (including phenoxy) is 1. The van der Waals surface area contributed by atoms with Crippen molar-refractivity contribution in [3.05, 3.63) is 64.2 Å². The van der Waals surface area contributed by atoms with Gasteiger partial charge in [-0.1, -0.05) is 41.9 Å². The van der Waals surface area contributed by atoms with Gasteiger partial charge in [-0.25, -0.2) is 0 Å². The van der Waals surface area contributed by atoms with E-state index >= 15 is 0 Å². The maximum Gasteiger partial charge on any atom is 0.227 e. The lowest BCUT2D eigenvalue weighted by molar-refractivity contribution is -0.133. The van der Waals surface area contributed by atoms with E-state index in [0.29, 0.717) is 18.0 Å². The summed E-state index contributed by atoms with van der Waals surface area (Å²) in [5, 5.41) is 4.09. The van der Waals surface area contributed by atoms with Crippen molar-refractivity contribution in [2.75, 3.05) is 26.2 Å². The Morgan fingerprint density at radius 1 is 1.27 bits per heavy atom. The SMILES string of the molecule is Cl.O=C(Cc1ccc2c(c1)CCO2)N1CCNCC1c1ccccc1Cl. The van der Waals surface area contributed by atoms with Crippen molar-refractivity contribution < 1.29 is 9.53 Å². The summed E-state index contributed by atoms with van der Waals surface area (Å²) in [7, 11) is 0. The van der Waals surface area contributed by atoms with Crippen LogP contribution >= 0.6 is 24.0 Å².